The molecule has 2 aromatic rings. The second kappa shape index (κ2) is 4.82. The average Bonchev–Trinajstić information content (AvgIpc) is 3.15. The largest absolute Gasteiger partial charge is 0.337 e. The number of hydrogen-bond acceptors (Lipinski definition) is 4. The van der Waals surface area contributed by atoms with Crippen molar-refractivity contribution in [3.63, 3.8) is 0 Å². The first kappa shape index (κ1) is 13.5. The zero-order chi connectivity index (χ0) is 14.3. The van der Waals surface area contributed by atoms with Crippen LogP contribution in [0.15, 0.2) is 22.7 Å². The lowest BCUT2D eigenvalue weighted by Crippen LogP contribution is -2.35. The van der Waals surface area contributed by atoms with Crippen LogP contribution in [0.4, 0.5) is 4.39 Å². The van der Waals surface area contributed by atoms with E-state index >= 15 is 0 Å². The summed E-state index contributed by atoms with van der Waals surface area (Å²) >= 11 is 5.99. The smallest absolute Gasteiger partial charge is 0.246 e. The Labute approximate surface area is 121 Å². The molecule has 1 unspecified atom stereocenters. The first-order chi connectivity index (χ1) is 9.48. The summed E-state index contributed by atoms with van der Waals surface area (Å²) < 4.78 is 19.0. The molecular weight excluding hydrogens is 281 g/mol. The fourth-order valence-electron chi connectivity index (χ4n) is 2.26. The van der Waals surface area contributed by atoms with Crippen molar-refractivity contribution in [3.05, 3.63) is 46.3 Å². The van der Waals surface area contributed by atoms with E-state index in [1.165, 1.54) is 6.07 Å². The lowest BCUT2D eigenvalue weighted by Gasteiger charge is -2.18. The van der Waals surface area contributed by atoms with Crippen LogP contribution in [0.1, 0.15) is 37.0 Å². The van der Waals surface area contributed by atoms with E-state index in [0.717, 1.165) is 12.8 Å². The van der Waals surface area contributed by atoms with Crippen LogP contribution in [0.2, 0.25) is 5.02 Å². The monoisotopic (exact) mass is 295 g/mol. The summed E-state index contributed by atoms with van der Waals surface area (Å²) in [7, 11) is 0. The standard InChI is InChI=1S/C14H15ClFN3O/c1-14(17,8-5-6-8)13-18-12(19-20-13)7-9-10(15)3-2-4-11(9)16/h2-4,8H,5-7,17H2,1H3. The first-order valence-corrected chi connectivity index (χ1v) is 6.91. The van der Waals surface area contributed by atoms with Crippen molar-refractivity contribution >= 4 is 11.6 Å². The summed E-state index contributed by atoms with van der Waals surface area (Å²) in [6.45, 7) is 1.89. The van der Waals surface area contributed by atoms with Crippen molar-refractivity contribution in [2.75, 3.05) is 0 Å². The summed E-state index contributed by atoms with van der Waals surface area (Å²) in [5.41, 5.74) is 5.97. The molecule has 1 atom stereocenters. The molecule has 20 heavy (non-hydrogen) atoms. The highest BCUT2D eigenvalue weighted by atomic mass is 35.5. The lowest BCUT2D eigenvalue weighted by atomic mass is 9.97. The summed E-state index contributed by atoms with van der Waals surface area (Å²) in [6.07, 6.45) is 2.34. The minimum atomic E-state index is -0.607. The van der Waals surface area contributed by atoms with Gasteiger partial charge in [0.25, 0.3) is 0 Å². The van der Waals surface area contributed by atoms with Gasteiger partial charge in [-0.2, -0.15) is 4.98 Å². The molecule has 1 aliphatic rings. The van der Waals surface area contributed by atoms with Gasteiger partial charge in [0.15, 0.2) is 5.82 Å². The predicted molar refractivity (Wildman–Crippen MR) is 72.8 cm³/mol. The number of nitrogens with two attached hydrogens (primary N) is 1. The Morgan fingerprint density at radius 1 is 1.50 bits per heavy atom. The highest BCUT2D eigenvalue weighted by Gasteiger charge is 2.43. The Morgan fingerprint density at radius 3 is 2.90 bits per heavy atom. The molecule has 1 heterocycles. The second-order valence-corrected chi connectivity index (χ2v) is 5.86. The number of hydrogen-bond donors (Lipinski definition) is 1. The van der Waals surface area contributed by atoms with Gasteiger partial charge in [0.05, 0.1) is 5.54 Å². The molecule has 1 aromatic heterocycles. The molecule has 0 bridgehead atoms. The summed E-state index contributed by atoms with van der Waals surface area (Å²) in [5, 5.41) is 4.23. The number of nitrogens with zero attached hydrogens (tertiary/aromatic N) is 2. The zero-order valence-corrected chi connectivity index (χ0v) is 11.8. The van der Waals surface area contributed by atoms with Crippen LogP contribution in [0.25, 0.3) is 0 Å². The van der Waals surface area contributed by atoms with E-state index in [-0.39, 0.29) is 12.2 Å². The van der Waals surface area contributed by atoms with Gasteiger partial charge in [0, 0.05) is 17.0 Å². The highest BCUT2D eigenvalue weighted by molar-refractivity contribution is 6.31. The fraction of sp³-hybridized carbons (Fsp3) is 0.429. The molecule has 6 heteroatoms. The molecule has 2 N–H and O–H groups in total. The van der Waals surface area contributed by atoms with E-state index in [1.54, 1.807) is 12.1 Å². The molecule has 0 aliphatic heterocycles. The average molecular weight is 296 g/mol. The molecule has 106 valence electrons. The van der Waals surface area contributed by atoms with Gasteiger partial charge in [-0.3, -0.25) is 0 Å². The van der Waals surface area contributed by atoms with Crippen LogP contribution in [0, 0.1) is 11.7 Å². The molecule has 0 amide bonds. The van der Waals surface area contributed by atoms with Gasteiger partial charge in [-0.25, -0.2) is 4.39 Å². The number of aromatic nitrogens is 2. The van der Waals surface area contributed by atoms with Crippen LogP contribution < -0.4 is 5.73 Å². The van der Waals surface area contributed by atoms with Crippen molar-refractivity contribution < 1.29 is 8.91 Å². The van der Waals surface area contributed by atoms with Gasteiger partial charge in [-0.15, -0.1) is 0 Å². The molecule has 1 fully saturated rings. The van der Waals surface area contributed by atoms with Crippen molar-refractivity contribution in [1.29, 1.82) is 0 Å². The lowest BCUT2D eigenvalue weighted by molar-refractivity contribution is 0.272. The first-order valence-electron chi connectivity index (χ1n) is 6.53. The van der Waals surface area contributed by atoms with Crippen LogP contribution >= 0.6 is 11.6 Å². The normalized spacial score (nSPS) is 18.0. The molecule has 4 nitrogen and oxygen atoms in total. The van der Waals surface area contributed by atoms with Gasteiger partial charge >= 0.3 is 0 Å². The van der Waals surface area contributed by atoms with Gasteiger partial charge in [-0.05, 0) is 37.8 Å². The van der Waals surface area contributed by atoms with Crippen LogP contribution in [-0.2, 0) is 12.0 Å². The Morgan fingerprint density at radius 2 is 2.25 bits per heavy atom. The van der Waals surface area contributed by atoms with Crippen molar-refractivity contribution in [2.24, 2.45) is 11.7 Å². The van der Waals surface area contributed by atoms with Gasteiger partial charge in [0.2, 0.25) is 5.89 Å². The van der Waals surface area contributed by atoms with E-state index in [4.69, 9.17) is 21.9 Å². The fourth-order valence-corrected chi connectivity index (χ4v) is 2.49. The third kappa shape index (κ3) is 2.43. The zero-order valence-electron chi connectivity index (χ0n) is 11.1. The summed E-state index contributed by atoms with van der Waals surface area (Å²) in [6, 6.07) is 4.56. The highest BCUT2D eigenvalue weighted by Crippen LogP contribution is 2.43. The van der Waals surface area contributed by atoms with Crippen LogP contribution in [0.3, 0.4) is 0 Å². The van der Waals surface area contributed by atoms with Crippen molar-refractivity contribution in [1.82, 2.24) is 10.1 Å². The van der Waals surface area contributed by atoms with Crippen LogP contribution in [0.5, 0.6) is 0 Å². The van der Waals surface area contributed by atoms with Gasteiger partial charge in [0.1, 0.15) is 5.82 Å². The SMILES string of the molecule is CC(N)(c1nc(Cc2c(F)cccc2Cl)no1)C1CC1. The number of benzene rings is 1. The third-order valence-corrected chi connectivity index (χ3v) is 4.11. The van der Waals surface area contributed by atoms with Gasteiger partial charge in [-0.1, -0.05) is 22.8 Å². The topological polar surface area (TPSA) is 64.9 Å². The van der Waals surface area contributed by atoms with E-state index < -0.39 is 5.54 Å². The Hall–Kier alpha value is -1.46. The maximum Gasteiger partial charge on any atom is 0.246 e. The van der Waals surface area contributed by atoms with Crippen molar-refractivity contribution in [2.45, 2.75) is 31.7 Å². The molecule has 1 saturated carbocycles. The number of rotatable bonds is 4. The maximum absolute atomic E-state index is 13.7. The summed E-state index contributed by atoms with van der Waals surface area (Å²) in [4.78, 5) is 4.29. The van der Waals surface area contributed by atoms with E-state index in [9.17, 15) is 4.39 Å². The molecule has 1 aromatic carbocycles. The van der Waals surface area contributed by atoms with E-state index in [1.807, 2.05) is 6.92 Å². The quantitative estimate of drug-likeness (QED) is 0.941. The predicted octanol–water partition coefficient (Wildman–Crippen LogP) is 3.04. The van der Waals surface area contributed by atoms with Crippen molar-refractivity contribution in [3.8, 4) is 0 Å². The second-order valence-electron chi connectivity index (χ2n) is 5.45. The van der Waals surface area contributed by atoms with Crippen LogP contribution in [-0.4, -0.2) is 10.1 Å². The molecule has 0 radical (unpaired) electrons. The Balaban J connectivity index is 1.84. The third-order valence-electron chi connectivity index (χ3n) is 3.75. The summed E-state index contributed by atoms with van der Waals surface area (Å²) in [5.74, 6) is 0.807. The Bertz CT molecular complexity index is 617. The molecular formula is C14H15ClFN3O. The van der Waals surface area contributed by atoms with E-state index in [2.05, 4.69) is 10.1 Å². The Kier molecular flexibility index (Phi) is 3.26. The number of halogens is 2. The molecule has 0 spiro atoms. The maximum atomic E-state index is 13.7. The molecule has 3 rings (SSSR count). The molecule has 1 aliphatic carbocycles. The minimum Gasteiger partial charge on any atom is -0.337 e. The van der Waals surface area contributed by atoms with Gasteiger partial charge < -0.3 is 10.3 Å². The molecule has 0 saturated heterocycles. The van der Waals surface area contributed by atoms with E-state index in [0.29, 0.717) is 28.2 Å². The minimum absolute atomic E-state index is 0.190.